The van der Waals surface area contributed by atoms with Crippen LogP contribution in [0.5, 0.6) is 0 Å². The molecule has 0 aromatic heterocycles. The van der Waals surface area contributed by atoms with Gasteiger partial charge >= 0.3 is 5.97 Å². The monoisotopic (exact) mass is 291 g/mol. The minimum absolute atomic E-state index is 0.154. The summed E-state index contributed by atoms with van der Waals surface area (Å²) in [5.41, 5.74) is 2.31. The number of aryl methyl sites for hydroxylation is 1. The number of carboxylic acids is 1. The molecular formula is C16H21NO4. The van der Waals surface area contributed by atoms with Gasteiger partial charge in [-0.2, -0.15) is 0 Å². The number of benzene rings is 1. The van der Waals surface area contributed by atoms with Crippen LogP contribution in [0.4, 0.5) is 0 Å². The normalized spacial score (nSPS) is 21.2. The van der Waals surface area contributed by atoms with Crippen LogP contribution in [0.1, 0.15) is 30.9 Å². The quantitative estimate of drug-likeness (QED) is 0.899. The van der Waals surface area contributed by atoms with Crippen LogP contribution in [0.25, 0.3) is 0 Å². The molecule has 5 heteroatoms. The Morgan fingerprint density at radius 2 is 1.76 bits per heavy atom. The first-order valence-electron chi connectivity index (χ1n) is 7.22. The third kappa shape index (κ3) is 3.82. The molecule has 1 aromatic carbocycles. The molecule has 0 spiro atoms. The summed E-state index contributed by atoms with van der Waals surface area (Å²) in [5, 5.41) is 8.89. The molecular weight excluding hydrogens is 270 g/mol. The van der Waals surface area contributed by atoms with Crippen molar-refractivity contribution in [3.63, 3.8) is 0 Å². The number of amides is 1. The molecule has 1 heterocycles. The predicted molar refractivity (Wildman–Crippen MR) is 77.8 cm³/mol. The van der Waals surface area contributed by atoms with Gasteiger partial charge in [0, 0.05) is 13.6 Å². The van der Waals surface area contributed by atoms with Crippen LogP contribution in [0.2, 0.25) is 0 Å². The first-order chi connectivity index (χ1) is 10.0. The van der Waals surface area contributed by atoms with E-state index in [0.717, 1.165) is 12.0 Å². The van der Waals surface area contributed by atoms with Crippen molar-refractivity contribution >= 4 is 11.9 Å². The molecule has 1 aliphatic heterocycles. The zero-order valence-corrected chi connectivity index (χ0v) is 12.4. The van der Waals surface area contributed by atoms with Crippen molar-refractivity contribution in [1.82, 2.24) is 4.90 Å². The van der Waals surface area contributed by atoms with E-state index in [1.165, 1.54) is 5.56 Å². The number of rotatable bonds is 5. The number of nitrogens with zero attached hydrogens (tertiary/aromatic N) is 1. The highest BCUT2D eigenvalue weighted by Gasteiger charge is 2.35. The Morgan fingerprint density at radius 3 is 2.29 bits per heavy atom. The van der Waals surface area contributed by atoms with Crippen molar-refractivity contribution in [2.45, 2.75) is 44.9 Å². The molecule has 114 valence electrons. The Hall–Kier alpha value is -1.88. The standard InChI is InChI=1S/C16H21NO4/c1-3-11-4-6-12(7-5-11)10-17(2)15(18)13-8-9-14(21-13)16(19)20/h4-7,13-14H,3,8-10H2,1-2H3,(H,19,20). The molecule has 2 rings (SSSR count). The summed E-state index contributed by atoms with van der Waals surface area (Å²) in [6.07, 6.45) is 0.364. The highest BCUT2D eigenvalue weighted by molar-refractivity contribution is 5.82. The SMILES string of the molecule is CCc1ccc(CN(C)C(=O)C2CCC(C(=O)O)O2)cc1. The molecule has 0 saturated carbocycles. The van der Waals surface area contributed by atoms with Crippen LogP contribution >= 0.6 is 0 Å². The predicted octanol–water partition coefficient (Wildman–Crippen LogP) is 1.84. The summed E-state index contributed by atoms with van der Waals surface area (Å²) in [4.78, 5) is 24.7. The zero-order chi connectivity index (χ0) is 15.4. The van der Waals surface area contributed by atoms with Gasteiger partial charge in [-0.05, 0) is 30.4 Å². The second-order valence-electron chi connectivity index (χ2n) is 5.39. The number of carbonyl (C=O) groups excluding carboxylic acids is 1. The van der Waals surface area contributed by atoms with Gasteiger partial charge in [0.25, 0.3) is 5.91 Å². The summed E-state index contributed by atoms with van der Waals surface area (Å²) in [7, 11) is 1.72. The fraction of sp³-hybridized carbons (Fsp3) is 0.500. The Kier molecular flexibility index (Phi) is 4.96. The first kappa shape index (κ1) is 15.5. The largest absolute Gasteiger partial charge is 0.479 e. The molecule has 5 nitrogen and oxygen atoms in total. The summed E-state index contributed by atoms with van der Waals surface area (Å²) >= 11 is 0. The maximum Gasteiger partial charge on any atom is 0.332 e. The summed E-state index contributed by atoms with van der Waals surface area (Å²) in [6, 6.07) is 8.14. The van der Waals surface area contributed by atoms with E-state index in [-0.39, 0.29) is 5.91 Å². The van der Waals surface area contributed by atoms with Crippen molar-refractivity contribution in [2.24, 2.45) is 0 Å². The lowest BCUT2D eigenvalue weighted by Crippen LogP contribution is -2.36. The van der Waals surface area contributed by atoms with Crippen molar-refractivity contribution in [1.29, 1.82) is 0 Å². The maximum absolute atomic E-state index is 12.2. The van der Waals surface area contributed by atoms with Crippen LogP contribution in [-0.4, -0.2) is 41.1 Å². The minimum atomic E-state index is -0.997. The molecule has 0 radical (unpaired) electrons. The van der Waals surface area contributed by atoms with E-state index in [0.29, 0.717) is 19.4 Å². The number of ether oxygens (including phenoxy) is 1. The number of carbonyl (C=O) groups is 2. The smallest absolute Gasteiger partial charge is 0.332 e. The van der Waals surface area contributed by atoms with E-state index in [9.17, 15) is 9.59 Å². The molecule has 1 saturated heterocycles. The molecule has 21 heavy (non-hydrogen) atoms. The summed E-state index contributed by atoms with van der Waals surface area (Å²) in [6.45, 7) is 2.60. The lowest BCUT2D eigenvalue weighted by Gasteiger charge is -2.21. The van der Waals surface area contributed by atoms with Gasteiger partial charge in [-0.1, -0.05) is 31.2 Å². The Balaban J connectivity index is 1.92. The van der Waals surface area contributed by atoms with E-state index in [4.69, 9.17) is 9.84 Å². The molecule has 1 N–H and O–H groups in total. The Bertz CT molecular complexity index is 512. The Labute approximate surface area is 124 Å². The lowest BCUT2D eigenvalue weighted by molar-refractivity contribution is -0.154. The second-order valence-corrected chi connectivity index (χ2v) is 5.39. The van der Waals surface area contributed by atoms with Gasteiger partial charge in [-0.3, -0.25) is 4.79 Å². The van der Waals surface area contributed by atoms with Gasteiger partial charge in [0.05, 0.1) is 0 Å². The fourth-order valence-corrected chi connectivity index (χ4v) is 2.48. The molecule has 2 atom stereocenters. The molecule has 1 fully saturated rings. The number of carboxylic acid groups (broad SMARTS) is 1. The molecule has 2 unspecified atom stereocenters. The van der Waals surface area contributed by atoms with E-state index in [1.54, 1.807) is 11.9 Å². The van der Waals surface area contributed by atoms with Crippen molar-refractivity contribution in [3.05, 3.63) is 35.4 Å². The van der Waals surface area contributed by atoms with Gasteiger partial charge in [-0.25, -0.2) is 4.79 Å². The number of likely N-dealkylation sites (N-methyl/N-ethyl adjacent to an activating group) is 1. The summed E-state index contributed by atoms with van der Waals surface area (Å²) < 4.78 is 5.29. The van der Waals surface area contributed by atoms with Crippen molar-refractivity contribution < 1.29 is 19.4 Å². The molecule has 1 aliphatic rings. The fourth-order valence-electron chi connectivity index (χ4n) is 2.48. The van der Waals surface area contributed by atoms with Crippen LogP contribution < -0.4 is 0 Å². The zero-order valence-electron chi connectivity index (χ0n) is 12.4. The Morgan fingerprint density at radius 1 is 1.19 bits per heavy atom. The van der Waals surface area contributed by atoms with E-state index in [2.05, 4.69) is 19.1 Å². The average Bonchev–Trinajstić information content (AvgIpc) is 2.97. The van der Waals surface area contributed by atoms with Gasteiger partial charge in [0.1, 0.15) is 6.10 Å². The van der Waals surface area contributed by atoms with E-state index >= 15 is 0 Å². The van der Waals surface area contributed by atoms with Gasteiger partial charge in [-0.15, -0.1) is 0 Å². The van der Waals surface area contributed by atoms with E-state index in [1.807, 2.05) is 12.1 Å². The molecule has 0 aliphatic carbocycles. The van der Waals surface area contributed by atoms with Crippen LogP contribution in [0, 0.1) is 0 Å². The van der Waals surface area contributed by atoms with Gasteiger partial charge in [0.2, 0.25) is 0 Å². The first-order valence-corrected chi connectivity index (χ1v) is 7.22. The maximum atomic E-state index is 12.2. The molecule has 1 aromatic rings. The summed E-state index contributed by atoms with van der Waals surface area (Å²) in [5.74, 6) is -1.15. The topological polar surface area (TPSA) is 66.8 Å². The van der Waals surface area contributed by atoms with Crippen LogP contribution in [-0.2, 0) is 27.3 Å². The van der Waals surface area contributed by atoms with E-state index < -0.39 is 18.2 Å². The minimum Gasteiger partial charge on any atom is -0.479 e. The number of aliphatic carboxylic acids is 1. The molecule has 0 bridgehead atoms. The second kappa shape index (κ2) is 6.72. The number of hydrogen-bond donors (Lipinski definition) is 1. The van der Waals surface area contributed by atoms with Crippen molar-refractivity contribution in [2.75, 3.05) is 7.05 Å². The van der Waals surface area contributed by atoms with Crippen LogP contribution in [0.3, 0.4) is 0 Å². The average molecular weight is 291 g/mol. The third-order valence-electron chi connectivity index (χ3n) is 3.80. The highest BCUT2D eigenvalue weighted by atomic mass is 16.5. The third-order valence-corrected chi connectivity index (χ3v) is 3.80. The number of hydrogen-bond acceptors (Lipinski definition) is 3. The van der Waals surface area contributed by atoms with Gasteiger partial charge < -0.3 is 14.7 Å². The molecule has 1 amide bonds. The van der Waals surface area contributed by atoms with Gasteiger partial charge in [0.15, 0.2) is 6.10 Å². The lowest BCUT2D eigenvalue weighted by atomic mass is 10.1. The van der Waals surface area contributed by atoms with Crippen molar-refractivity contribution in [3.8, 4) is 0 Å². The highest BCUT2D eigenvalue weighted by Crippen LogP contribution is 2.22. The van der Waals surface area contributed by atoms with Crippen LogP contribution in [0.15, 0.2) is 24.3 Å².